The van der Waals surface area contributed by atoms with Crippen molar-refractivity contribution in [2.45, 2.75) is 48.1 Å². The Balaban J connectivity index is 0.000000855. The maximum atomic E-state index is 12.7. The lowest BCUT2D eigenvalue weighted by atomic mass is 10.1. The van der Waals surface area contributed by atoms with E-state index in [1.807, 2.05) is 108 Å². The van der Waals surface area contributed by atoms with Crippen LogP contribution in [0.25, 0.3) is 5.69 Å². The molecule has 0 fully saturated rings. The standard InChI is InChI=1S/C20H19NO2.2C2H6/c1-15-13-17(14-23-19-11-7-4-8-12-19)16(2)20(22)21(15)18-9-5-3-6-10-18;2*1-2/h3-13H,14H2,1-2H3;2*1-2H3. The van der Waals surface area contributed by atoms with Crippen LogP contribution in [0.5, 0.6) is 5.75 Å². The summed E-state index contributed by atoms with van der Waals surface area (Å²) in [6.45, 7) is 12.2. The SMILES string of the molecule is CC.CC.Cc1c(COc2ccccc2)cc(C)n(-c2ccccc2)c1=O. The number of para-hydroxylation sites is 2. The predicted octanol–water partition coefficient (Wildman–Crippen LogP) is 6.09. The molecule has 0 unspecified atom stereocenters. The van der Waals surface area contributed by atoms with Crippen LogP contribution in [-0.4, -0.2) is 4.57 Å². The van der Waals surface area contributed by atoms with Crippen molar-refractivity contribution in [1.29, 1.82) is 0 Å². The van der Waals surface area contributed by atoms with Gasteiger partial charge in [-0.05, 0) is 49.7 Å². The summed E-state index contributed by atoms with van der Waals surface area (Å²) in [5, 5.41) is 0. The number of nitrogens with zero attached hydrogens (tertiary/aromatic N) is 1. The Morgan fingerprint density at radius 1 is 0.815 bits per heavy atom. The molecule has 0 spiro atoms. The highest BCUT2D eigenvalue weighted by atomic mass is 16.5. The lowest BCUT2D eigenvalue weighted by molar-refractivity contribution is 0.305. The van der Waals surface area contributed by atoms with Crippen LogP contribution in [-0.2, 0) is 6.61 Å². The molecule has 0 aliphatic carbocycles. The molecule has 0 saturated carbocycles. The Morgan fingerprint density at radius 3 is 1.89 bits per heavy atom. The first-order valence-corrected chi connectivity index (χ1v) is 9.62. The van der Waals surface area contributed by atoms with Gasteiger partial charge < -0.3 is 4.74 Å². The quantitative estimate of drug-likeness (QED) is 0.560. The van der Waals surface area contributed by atoms with Crippen molar-refractivity contribution in [3.63, 3.8) is 0 Å². The van der Waals surface area contributed by atoms with Crippen LogP contribution in [0.1, 0.15) is 44.5 Å². The van der Waals surface area contributed by atoms with Gasteiger partial charge in [0.1, 0.15) is 12.4 Å². The Hall–Kier alpha value is -2.81. The number of rotatable bonds is 4. The summed E-state index contributed by atoms with van der Waals surface area (Å²) in [4.78, 5) is 12.7. The van der Waals surface area contributed by atoms with Crippen molar-refractivity contribution >= 4 is 0 Å². The highest BCUT2D eigenvalue weighted by Gasteiger charge is 2.11. The molecular formula is C24H31NO2. The molecule has 1 aromatic heterocycles. The van der Waals surface area contributed by atoms with Crippen molar-refractivity contribution in [3.8, 4) is 11.4 Å². The minimum atomic E-state index is 0.00265. The highest BCUT2D eigenvalue weighted by Crippen LogP contribution is 2.16. The summed E-state index contributed by atoms with van der Waals surface area (Å²) in [7, 11) is 0. The van der Waals surface area contributed by atoms with E-state index in [-0.39, 0.29) is 5.56 Å². The second-order valence-electron chi connectivity index (χ2n) is 5.51. The van der Waals surface area contributed by atoms with E-state index in [9.17, 15) is 4.79 Å². The van der Waals surface area contributed by atoms with Gasteiger partial charge in [-0.2, -0.15) is 0 Å². The summed E-state index contributed by atoms with van der Waals surface area (Å²) >= 11 is 0. The van der Waals surface area contributed by atoms with Gasteiger partial charge in [-0.15, -0.1) is 0 Å². The third-order valence-electron chi connectivity index (χ3n) is 3.89. The molecule has 0 amide bonds. The summed E-state index contributed by atoms with van der Waals surface area (Å²) in [5.41, 5.74) is 3.42. The maximum Gasteiger partial charge on any atom is 0.258 e. The van der Waals surface area contributed by atoms with Crippen LogP contribution in [0, 0.1) is 13.8 Å². The zero-order valence-electron chi connectivity index (χ0n) is 17.3. The molecule has 0 N–H and O–H groups in total. The van der Waals surface area contributed by atoms with Crippen LogP contribution in [0.2, 0.25) is 0 Å². The van der Waals surface area contributed by atoms with Crippen molar-refractivity contribution in [1.82, 2.24) is 4.57 Å². The first kappa shape index (κ1) is 22.2. The number of hydrogen-bond donors (Lipinski definition) is 0. The fourth-order valence-corrected chi connectivity index (χ4v) is 2.62. The molecule has 3 heteroatoms. The molecular weight excluding hydrogens is 334 g/mol. The summed E-state index contributed by atoms with van der Waals surface area (Å²) in [6.07, 6.45) is 0. The van der Waals surface area contributed by atoms with E-state index in [0.717, 1.165) is 28.3 Å². The Bertz CT molecular complexity index is 853. The first-order chi connectivity index (χ1) is 13.2. The number of pyridine rings is 1. The van der Waals surface area contributed by atoms with Gasteiger partial charge in [0.15, 0.2) is 0 Å². The van der Waals surface area contributed by atoms with E-state index < -0.39 is 0 Å². The van der Waals surface area contributed by atoms with E-state index in [1.54, 1.807) is 4.57 Å². The van der Waals surface area contributed by atoms with Crippen molar-refractivity contribution in [3.05, 3.63) is 93.9 Å². The monoisotopic (exact) mass is 365 g/mol. The fraction of sp³-hybridized carbons (Fsp3) is 0.292. The van der Waals surface area contributed by atoms with E-state index >= 15 is 0 Å². The average Bonchev–Trinajstić information content (AvgIpc) is 2.74. The molecule has 0 radical (unpaired) electrons. The molecule has 3 aromatic rings. The van der Waals surface area contributed by atoms with E-state index in [1.165, 1.54) is 0 Å². The second-order valence-corrected chi connectivity index (χ2v) is 5.51. The largest absolute Gasteiger partial charge is 0.489 e. The number of hydrogen-bond acceptors (Lipinski definition) is 2. The number of benzene rings is 2. The third kappa shape index (κ3) is 5.85. The minimum absolute atomic E-state index is 0.00265. The van der Waals surface area contributed by atoms with Gasteiger partial charge in [0.2, 0.25) is 0 Å². The summed E-state index contributed by atoms with van der Waals surface area (Å²) in [6, 6.07) is 21.3. The van der Waals surface area contributed by atoms with Crippen LogP contribution in [0.3, 0.4) is 0 Å². The summed E-state index contributed by atoms with van der Waals surface area (Å²) < 4.78 is 7.52. The Kier molecular flexibility index (Phi) is 9.66. The van der Waals surface area contributed by atoms with Crippen LogP contribution in [0.4, 0.5) is 0 Å². The zero-order valence-corrected chi connectivity index (χ0v) is 17.3. The Morgan fingerprint density at radius 2 is 1.33 bits per heavy atom. The van der Waals surface area contributed by atoms with Gasteiger partial charge >= 0.3 is 0 Å². The van der Waals surface area contributed by atoms with Gasteiger partial charge in [0, 0.05) is 16.9 Å². The fourth-order valence-electron chi connectivity index (χ4n) is 2.62. The predicted molar refractivity (Wildman–Crippen MR) is 115 cm³/mol. The molecule has 2 aromatic carbocycles. The molecule has 0 aliphatic rings. The van der Waals surface area contributed by atoms with E-state index in [2.05, 4.69) is 0 Å². The number of aryl methyl sites for hydroxylation is 1. The molecule has 0 aliphatic heterocycles. The lowest BCUT2D eigenvalue weighted by Crippen LogP contribution is -2.24. The van der Waals surface area contributed by atoms with Gasteiger partial charge in [-0.25, -0.2) is 0 Å². The molecule has 27 heavy (non-hydrogen) atoms. The molecule has 3 rings (SSSR count). The van der Waals surface area contributed by atoms with Crippen LogP contribution < -0.4 is 10.3 Å². The van der Waals surface area contributed by atoms with Crippen molar-refractivity contribution in [2.24, 2.45) is 0 Å². The Labute approximate surface area is 163 Å². The summed E-state index contributed by atoms with van der Waals surface area (Å²) in [5.74, 6) is 0.803. The highest BCUT2D eigenvalue weighted by molar-refractivity contribution is 5.38. The van der Waals surface area contributed by atoms with Gasteiger partial charge in [0.25, 0.3) is 5.56 Å². The van der Waals surface area contributed by atoms with Crippen LogP contribution >= 0.6 is 0 Å². The number of ether oxygens (including phenoxy) is 1. The van der Waals surface area contributed by atoms with Crippen molar-refractivity contribution < 1.29 is 4.74 Å². The van der Waals surface area contributed by atoms with Crippen molar-refractivity contribution in [2.75, 3.05) is 0 Å². The normalized spacial score (nSPS) is 9.41. The third-order valence-corrected chi connectivity index (χ3v) is 3.89. The zero-order chi connectivity index (χ0) is 20.2. The topological polar surface area (TPSA) is 31.2 Å². The molecule has 0 atom stereocenters. The second kappa shape index (κ2) is 11.7. The van der Waals surface area contributed by atoms with Gasteiger partial charge in [0.05, 0.1) is 0 Å². The maximum absolute atomic E-state index is 12.7. The van der Waals surface area contributed by atoms with Gasteiger partial charge in [-0.1, -0.05) is 64.1 Å². The molecule has 0 bridgehead atoms. The van der Waals surface area contributed by atoms with E-state index in [0.29, 0.717) is 6.61 Å². The smallest absolute Gasteiger partial charge is 0.258 e. The average molecular weight is 366 g/mol. The molecule has 1 heterocycles. The number of aromatic nitrogens is 1. The lowest BCUT2D eigenvalue weighted by Gasteiger charge is -2.15. The van der Waals surface area contributed by atoms with Crippen LogP contribution in [0.15, 0.2) is 71.5 Å². The van der Waals surface area contributed by atoms with E-state index in [4.69, 9.17) is 4.74 Å². The molecule has 3 nitrogen and oxygen atoms in total. The molecule has 144 valence electrons. The minimum Gasteiger partial charge on any atom is -0.489 e. The molecule has 0 saturated heterocycles. The first-order valence-electron chi connectivity index (χ1n) is 9.62. The van der Waals surface area contributed by atoms with Gasteiger partial charge in [-0.3, -0.25) is 9.36 Å².